The van der Waals surface area contributed by atoms with Gasteiger partial charge in [-0.05, 0) is 43.9 Å². The van der Waals surface area contributed by atoms with E-state index in [2.05, 4.69) is 29.6 Å². The van der Waals surface area contributed by atoms with E-state index in [0.717, 1.165) is 5.92 Å². The van der Waals surface area contributed by atoms with Crippen molar-refractivity contribution in [2.75, 3.05) is 13.7 Å². The first-order valence-corrected chi connectivity index (χ1v) is 6.67. The number of nitrogens with one attached hydrogen (secondary N) is 1. The standard InChI is InChI=1S/C15H21NO2/c1-3-18-15(17)10-14(16-2)13-6-4-5-12(9-13)11-7-8-11/h4-6,9,11,14,16H,3,7-8,10H2,1-2H3. The van der Waals surface area contributed by atoms with Crippen molar-refractivity contribution in [1.29, 1.82) is 0 Å². The minimum atomic E-state index is -0.145. The smallest absolute Gasteiger partial charge is 0.307 e. The molecule has 1 aliphatic rings. The Balaban J connectivity index is 2.06. The number of hydrogen-bond donors (Lipinski definition) is 1. The van der Waals surface area contributed by atoms with E-state index in [4.69, 9.17) is 4.74 Å². The largest absolute Gasteiger partial charge is 0.466 e. The van der Waals surface area contributed by atoms with E-state index in [1.54, 1.807) is 0 Å². The summed E-state index contributed by atoms with van der Waals surface area (Å²) in [5, 5.41) is 3.19. The van der Waals surface area contributed by atoms with Crippen molar-refractivity contribution in [3.63, 3.8) is 0 Å². The number of rotatable bonds is 6. The molecule has 1 fully saturated rings. The molecule has 3 nitrogen and oxygen atoms in total. The molecular formula is C15H21NO2. The maximum atomic E-state index is 11.6. The molecule has 0 radical (unpaired) electrons. The fourth-order valence-electron chi connectivity index (χ4n) is 2.22. The number of benzene rings is 1. The molecule has 0 aromatic heterocycles. The van der Waals surface area contributed by atoms with Crippen LogP contribution in [0.4, 0.5) is 0 Å². The van der Waals surface area contributed by atoms with E-state index >= 15 is 0 Å². The summed E-state index contributed by atoms with van der Waals surface area (Å²) in [5.41, 5.74) is 2.58. The fraction of sp³-hybridized carbons (Fsp3) is 0.533. The SMILES string of the molecule is CCOC(=O)CC(NC)c1cccc(C2CC2)c1. The average Bonchev–Trinajstić information content (AvgIpc) is 3.21. The summed E-state index contributed by atoms with van der Waals surface area (Å²) in [6.07, 6.45) is 2.98. The zero-order chi connectivity index (χ0) is 13.0. The lowest BCUT2D eigenvalue weighted by Crippen LogP contribution is -2.21. The maximum Gasteiger partial charge on any atom is 0.307 e. The molecule has 1 N–H and O–H groups in total. The van der Waals surface area contributed by atoms with E-state index in [0.29, 0.717) is 13.0 Å². The molecule has 1 atom stereocenters. The summed E-state index contributed by atoms with van der Waals surface area (Å²) in [6.45, 7) is 2.28. The Morgan fingerprint density at radius 2 is 2.28 bits per heavy atom. The van der Waals surface area contributed by atoms with Crippen LogP contribution in [-0.4, -0.2) is 19.6 Å². The monoisotopic (exact) mass is 247 g/mol. The lowest BCUT2D eigenvalue weighted by Gasteiger charge is -2.16. The highest BCUT2D eigenvalue weighted by Crippen LogP contribution is 2.40. The average molecular weight is 247 g/mol. The predicted molar refractivity (Wildman–Crippen MR) is 71.5 cm³/mol. The van der Waals surface area contributed by atoms with Crippen LogP contribution in [0, 0.1) is 0 Å². The van der Waals surface area contributed by atoms with E-state index in [1.807, 2.05) is 14.0 Å². The maximum absolute atomic E-state index is 11.6. The minimum absolute atomic E-state index is 0.0442. The Kier molecular flexibility index (Phi) is 4.37. The van der Waals surface area contributed by atoms with Gasteiger partial charge >= 0.3 is 5.97 Å². The van der Waals surface area contributed by atoms with Gasteiger partial charge < -0.3 is 10.1 Å². The second-order valence-electron chi connectivity index (χ2n) is 4.79. The first-order chi connectivity index (χ1) is 8.74. The highest BCUT2D eigenvalue weighted by Gasteiger charge is 2.24. The summed E-state index contributed by atoms with van der Waals surface area (Å²) in [4.78, 5) is 11.6. The molecular weight excluding hydrogens is 226 g/mol. The van der Waals surface area contributed by atoms with Crippen LogP contribution in [0.1, 0.15) is 49.3 Å². The first-order valence-electron chi connectivity index (χ1n) is 6.67. The zero-order valence-electron chi connectivity index (χ0n) is 11.1. The van der Waals surface area contributed by atoms with Crippen molar-refractivity contribution < 1.29 is 9.53 Å². The Morgan fingerprint density at radius 1 is 1.50 bits per heavy atom. The highest BCUT2D eigenvalue weighted by atomic mass is 16.5. The van der Waals surface area contributed by atoms with Gasteiger partial charge in [0, 0.05) is 6.04 Å². The minimum Gasteiger partial charge on any atom is -0.466 e. The van der Waals surface area contributed by atoms with Gasteiger partial charge in [0.05, 0.1) is 13.0 Å². The van der Waals surface area contributed by atoms with Crippen LogP contribution in [0.25, 0.3) is 0 Å². The zero-order valence-corrected chi connectivity index (χ0v) is 11.1. The normalized spacial score (nSPS) is 16.3. The topological polar surface area (TPSA) is 38.3 Å². The van der Waals surface area contributed by atoms with Crippen molar-refractivity contribution >= 4 is 5.97 Å². The molecule has 0 saturated heterocycles. The molecule has 0 spiro atoms. The Hall–Kier alpha value is -1.35. The van der Waals surface area contributed by atoms with Crippen molar-refractivity contribution in [1.82, 2.24) is 5.32 Å². The van der Waals surface area contributed by atoms with Crippen molar-refractivity contribution in [2.24, 2.45) is 0 Å². The molecule has 1 saturated carbocycles. The molecule has 18 heavy (non-hydrogen) atoms. The summed E-state index contributed by atoms with van der Waals surface area (Å²) in [5.74, 6) is 0.596. The molecule has 98 valence electrons. The third-order valence-corrected chi connectivity index (χ3v) is 3.39. The number of carbonyl (C=O) groups is 1. The van der Waals surface area contributed by atoms with Crippen LogP contribution in [0.2, 0.25) is 0 Å². The van der Waals surface area contributed by atoms with Crippen LogP contribution in [0.3, 0.4) is 0 Å². The Bertz CT molecular complexity index is 413. The lowest BCUT2D eigenvalue weighted by atomic mass is 10.00. The van der Waals surface area contributed by atoms with Crippen LogP contribution in [-0.2, 0) is 9.53 Å². The second-order valence-corrected chi connectivity index (χ2v) is 4.79. The van der Waals surface area contributed by atoms with Gasteiger partial charge in [-0.3, -0.25) is 4.79 Å². The van der Waals surface area contributed by atoms with E-state index in [9.17, 15) is 4.79 Å². The molecule has 0 aliphatic heterocycles. The summed E-state index contributed by atoms with van der Waals surface area (Å²) >= 11 is 0. The van der Waals surface area contributed by atoms with Crippen LogP contribution < -0.4 is 5.32 Å². The van der Waals surface area contributed by atoms with Crippen LogP contribution in [0.5, 0.6) is 0 Å². The molecule has 2 rings (SSSR count). The highest BCUT2D eigenvalue weighted by molar-refractivity contribution is 5.70. The van der Waals surface area contributed by atoms with Gasteiger partial charge in [-0.1, -0.05) is 24.3 Å². The fourth-order valence-corrected chi connectivity index (χ4v) is 2.22. The Labute approximate surface area is 109 Å². The number of ether oxygens (including phenoxy) is 1. The first kappa shape index (κ1) is 13.1. The van der Waals surface area contributed by atoms with Crippen molar-refractivity contribution in [3.05, 3.63) is 35.4 Å². The summed E-state index contributed by atoms with van der Waals surface area (Å²) in [6, 6.07) is 8.60. The molecule has 1 unspecified atom stereocenters. The van der Waals surface area contributed by atoms with E-state index in [-0.39, 0.29) is 12.0 Å². The van der Waals surface area contributed by atoms with Crippen molar-refractivity contribution in [2.45, 2.75) is 38.1 Å². The van der Waals surface area contributed by atoms with Gasteiger partial charge in [0.2, 0.25) is 0 Å². The number of carbonyl (C=O) groups excluding carboxylic acids is 1. The molecule has 3 heteroatoms. The second kappa shape index (κ2) is 6.01. The quantitative estimate of drug-likeness (QED) is 0.786. The Morgan fingerprint density at radius 3 is 2.89 bits per heavy atom. The number of esters is 1. The van der Waals surface area contributed by atoms with E-state index < -0.39 is 0 Å². The number of hydrogen-bond acceptors (Lipinski definition) is 3. The third-order valence-electron chi connectivity index (χ3n) is 3.39. The lowest BCUT2D eigenvalue weighted by molar-refractivity contribution is -0.143. The predicted octanol–water partition coefficient (Wildman–Crippen LogP) is 2.78. The molecule has 1 aromatic rings. The molecule has 0 heterocycles. The van der Waals surface area contributed by atoms with Gasteiger partial charge in [0.1, 0.15) is 0 Å². The van der Waals surface area contributed by atoms with Gasteiger partial charge in [0.15, 0.2) is 0 Å². The summed E-state index contributed by atoms with van der Waals surface area (Å²) in [7, 11) is 1.88. The van der Waals surface area contributed by atoms with E-state index in [1.165, 1.54) is 24.0 Å². The molecule has 0 bridgehead atoms. The van der Waals surface area contributed by atoms with Gasteiger partial charge in [-0.2, -0.15) is 0 Å². The third kappa shape index (κ3) is 3.33. The van der Waals surface area contributed by atoms with Gasteiger partial charge in [-0.25, -0.2) is 0 Å². The molecule has 0 amide bonds. The molecule has 1 aliphatic carbocycles. The van der Waals surface area contributed by atoms with Crippen LogP contribution >= 0.6 is 0 Å². The molecule has 1 aromatic carbocycles. The van der Waals surface area contributed by atoms with Crippen molar-refractivity contribution in [3.8, 4) is 0 Å². The van der Waals surface area contributed by atoms with Crippen LogP contribution in [0.15, 0.2) is 24.3 Å². The van der Waals surface area contributed by atoms with Gasteiger partial charge in [-0.15, -0.1) is 0 Å². The summed E-state index contributed by atoms with van der Waals surface area (Å²) < 4.78 is 5.01. The van der Waals surface area contributed by atoms with Gasteiger partial charge in [0.25, 0.3) is 0 Å².